The Hall–Kier alpha value is -1.13. The van der Waals surface area contributed by atoms with E-state index in [-0.39, 0.29) is 30.6 Å². The summed E-state index contributed by atoms with van der Waals surface area (Å²) in [6.45, 7) is 5.36. The molecule has 0 radical (unpaired) electrons. The highest BCUT2D eigenvalue weighted by atomic mass is 35.5. The average Bonchev–Trinajstić information content (AvgIpc) is 2.57. The Kier molecular flexibility index (Phi) is 6.64. The first-order valence-corrected chi connectivity index (χ1v) is 8.08. The minimum Gasteiger partial charge on any atom is -0.296 e. The summed E-state index contributed by atoms with van der Waals surface area (Å²) in [5.41, 5.74) is 4.20. The highest BCUT2D eigenvalue weighted by Crippen LogP contribution is 2.32. The van der Waals surface area contributed by atoms with Crippen LogP contribution in [0.3, 0.4) is 0 Å². The van der Waals surface area contributed by atoms with Crippen LogP contribution in [0.4, 0.5) is 4.39 Å². The number of hydrogen-bond donors (Lipinski definition) is 0. The van der Waals surface area contributed by atoms with Crippen molar-refractivity contribution in [3.8, 4) is 0 Å². The Morgan fingerprint density at radius 3 is 2.46 bits per heavy atom. The number of nitrogens with zero attached hydrogens (tertiary/aromatic N) is 2. The first-order chi connectivity index (χ1) is 10.8. The maximum Gasteiger partial charge on any atom is 0.123 e. The third-order valence-electron chi connectivity index (χ3n) is 4.98. The van der Waals surface area contributed by atoms with Gasteiger partial charge in [0.25, 0.3) is 0 Å². The highest BCUT2D eigenvalue weighted by molar-refractivity contribution is 5.85. The lowest BCUT2D eigenvalue weighted by molar-refractivity contribution is 0.0630. The lowest BCUT2D eigenvalue weighted by atomic mass is 9.91. The third kappa shape index (κ3) is 3.92. The molecule has 0 amide bonds. The zero-order chi connectivity index (χ0) is 14.9. The van der Waals surface area contributed by atoms with Gasteiger partial charge in [-0.15, -0.1) is 24.8 Å². The molecule has 24 heavy (non-hydrogen) atoms. The molecule has 2 aromatic carbocycles. The fourth-order valence-electron chi connectivity index (χ4n) is 3.78. The largest absolute Gasteiger partial charge is 0.296 e. The zero-order valence-electron chi connectivity index (χ0n) is 13.5. The van der Waals surface area contributed by atoms with Crippen LogP contribution >= 0.6 is 24.8 Å². The average molecular weight is 369 g/mol. The van der Waals surface area contributed by atoms with Gasteiger partial charge in [-0.2, -0.15) is 0 Å². The Balaban J connectivity index is 0.00000104. The van der Waals surface area contributed by atoms with E-state index in [0.717, 1.165) is 26.2 Å². The zero-order valence-corrected chi connectivity index (χ0v) is 15.2. The van der Waals surface area contributed by atoms with Gasteiger partial charge in [0.2, 0.25) is 0 Å². The smallest absolute Gasteiger partial charge is 0.123 e. The first kappa shape index (κ1) is 19.2. The molecule has 2 aliphatic rings. The van der Waals surface area contributed by atoms with Gasteiger partial charge in [0.15, 0.2) is 0 Å². The molecule has 5 heteroatoms. The molecule has 0 spiro atoms. The molecular formula is C19H23Cl2FN2. The minimum absolute atomic E-state index is 0. The molecule has 2 aromatic rings. The van der Waals surface area contributed by atoms with Crippen LogP contribution in [0.5, 0.6) is 0 Å². The molecule has 0 bridgehead atoms. The number of piperazine rings is 1. The normalized spacial score (nSPS) is 20.3. The molecule has 130 valence electrons. The number of hydrogen-bond acceptors (Lipinski definition) is 2. The Labute approximate surface area is 155 Å². The summed E-state index contributed by atoms with van der Waals surface area (Å²) in [5.74, 6) is -0.158. The topological polar surface area (TPSA) is 6.48 Å². The molecule has 0 N–H and O–H groups in total. The molecule has 1 saturated heterocycles. The van der Waals surface area contributed by atoms with E-state index in [4.69, 9.17) is 0 Å². The second kappa shape index (κ2) is 8.30. The van der Waals surface area contributed by atoms with Crippen LogP contribution in [0.25, 0.3) is 0 Å². The standard InChI is InChI=1S/C19H21FN2.2ClH/c20-17-7-5-15(6-8-17)13-21-11-12-22-10-9-16-3-1-2-4-18(16)19(22)14-21;;/h1-8,19H,9-14H2;2*1H. The molecule has 1 unspecified atom stereocenters. The summed E-state index contributed by atoms with van der Waals surface area (Å²) >= 11 is 0. The molecule has 4 rings (SSSR count). The van der Waals surface area contributed by atoms with Crippen molar-refractivity contribution in [3.63, 3.8) is 0 Å². The van der Waals surface area contributed by atoms with Gasteiger partial charge in [-0.05, 0) is 35.2 Å². The van der Waals surface area contributed by atoms with Crippen LogP contribution in [0.1, 0.15) is 22.7 Å². The summed E-state index contributed by atoms with van der Waals surface area (Å²) in [6, 6.07) is 16.3. The van der Waals surface area contributed by atoms with Crippen molar-refractivity contribution >= 4 is 24.8 Å². The van der Waals surface area contributed by atoms with Gasteiger partial charge in [0.1, 0.15) is 5.82 Å². The van der Waals surface area contributed by atoms with Crippen molar-refractivity contribution in [3.05, 3.63) is 71.0 Å². The van der Waals surface area contributed by atoms with E-state index in [1.165, 1.54) is 29.7 Å². The molecule has 2 heterocycles. The summed E-state index contributed by atoms with van der Waals surface area (Å²) in [6.07, 6.45) is 1.17. The fraction of sp³-hybridized carbons (Fsp3) is 0.368. The van der Waals surface area contributed by atoms with Gasteiger partial charge in [0.05, 0.1) is 0 Å². The minimum atomic E-state index is -0.158. The summed E-state index contributed by atoms with van der Waals surface area (Å²) in [7, 11) is 0. The quantitative estimate of drug-likeness (QED) is 0.787. The van der Waals surface area contributed by atoms with Crippen molar-refractivity contribution in [2.24, 2.45) is 0 Å². The van der Waals surface area contributed by atoms with E-state index >= 15 is 0 Å². The lowest BCUT2D eigenvalue weighted by Gasteiger charge is -2.45. The summed E-state index contributed by atoms with van der Waals surface area (Å²) in [5, 5.41) is 0. The Morgan fingerprint density at radius 1 is 0.917 bits per heavy atom. The summed E-state index contributed by atoms with van der Waals surface area (Å²) < 4.78 is 13.0. The fourth-order valence-corrected chi connectivity index (χ4v) is 3.78. The maximum absolute atomic E-state index is 13.0. The van der Waals surface area contributed by atoms with Gasteiger partial charge in [-0.25, -0.2) is 4.39 Å². The van der Waals surface area contributed by atoms with Crippen LogP contribution in [0, 0.1) is 5.82 Å². The van der Waals surface area contributed by atoms with E-state index in [0.29, 0.717) is 6.04 Å². The van der Waals surface area contributed by atoms with E-state index in [9.17, 15) is 4.39 Å². The number of fused-ring (bicyclic) bond motifs is 3. The molecule has 2 aliphatic heterocycles. The van der Waals surface area contributed by atoms with Gasteiger partial charge < -0.3 is 0 Å². The van der Waals surface area contributed by atoms with Crippen LogP contribution in [-0.4, -0.2) is 36.0 Å². The second-order valence-electron chi connectivity index (χ2n) is 6.36. The Morgan fingerprint density at radius 2 is 1.67 bits per heavy atom. The predicted molar refractivity (Wildman–Crippen MR) is 101 cm³/mol. The van der Waals surface area contributed by atoms with E-state index in [1.807, 2.05) is 12.1 Å². The van der Waals surface area contributed by atoms with Gasteiger partial charge in [-0.3, -0.25) is 9.80 Å². The molecule has 0 saturated carbocycles. The van der Waals surface area contributed by atoms with Gasteiger partial charge in [0, 0.05) is 38.8 Å². The van der Waals surface area contributed by atoms with Crippen LogP contribution in [0.15, 0.2) is 48.5 Å². The molecular weight excluding hydrogens is 346 g/mol. The first-order valence-electron chi connectivity index (χ1n) is 8.08. The van der Waals surface area contributed by atoms with Crippen molar-refractivity contribution in [1.82, 2.24) is 9.80 Å². The van der Waals surface area contributed by atoms with Crippen LogP contribution in [-0.2, 0) is 13.0 Å². The van der Waals surface area contributed by atoms with E-state index in [1.54, 1.807) is 12.1 Å². The van der Waals surface area contributed by atoms with Crippen LogP contribution in [0.2, 0.25) is 0 Å². The number of halogens is 3. The number of benzene rings is 2. The van der Waals surface area contributed by atoms with Crippen molar-refractivity contribution < 1.29 is 4.39 Å². The Bertz CT molecular complexity index is 663. The van der Waals surface area contributed by atoms with E-state index in [2.05, 4.69) is 34.1 Å². The molecule has 1 atom stereocenters. The highest BCUT2D eigenvalue weighted by Gasteiger charge is 2.32. The van der Waals surface area contributed by atoms with Gasteiger partial charge in [-0.1, -0.05) is 36.4 Å². The second-order valence-corrected chi connectivity index (χ2v) is 6.36. The SMILES string of the molecule is Cl.Cl.Fc1ccc(CN2CCN3CCc4ccccc4C3C2)cc1. The third-order valence-corrected chi connectivity index (χ3v) is 4.98. The van der Waals surface area contributed by atoms with E-state index < -0.39 is 0 Å². The van der Waals surface area contributed by atoms with Crippen molar-refractivity contribution in [1.29, 1.82) is 0 Å². The van der Waals surface area contributed by atoms with Crippen molar-refractivity contribution in [2.45, 2.75) is 19.0 Å². The maximum atomic E-state index is 13.0. The molecule has 2 nitrogen and oxygen atoms in total. The van der Waals surface area contributed by atoms with Gasteiger partial charge >= 0.3 is 0 Å². The summed E-state index contributed by atoms with van der Waals surface area (Å²) in [4.78, 5) is 5.11. The predicted octanol–water partition coefficient (Wildman–Crippen LogP) is 4.08. The molecule has 0 aliphatic carbocycles. The molecule has 1 fully saturated rings. The lowest BCUT2D eigenvalue weighted by Crippen LogP contribution is -2.50. The van der Waals surface area contributed by atoms with Crippen LogP contribution < -0.4 is 0 Å². The number of rotatable bonds is 2. The monoisotopic (exact) mass is 368 g/mol. The van der Waals surface area contributed by atoms with Crippen molar-refractivity contribution in [2.75, 3.05) is 26.2 Å². The molecule has 0 aromatic heterocycles.